The van der Waals surface area contributed by atoms with Crippen molar-refractivity contribution in [3.05, 3.63) is 11.9 Å². The SMILES string of the molecule is CCOCc1nc(NN)cc(N(CCO)C2CCCC2)n1. The summed E-state index contributed by atoms with van der Waals surface area (Å²) in [5, 5.41) is 9.35. The van der Waals surface area contributed by atoms with Gasteiger partial charge in [-0.2, -0.15) is 0 Å². The van der Waals surface area contributed by atoms with Gasteiger partial charge in [-0.15, -0.1) is 0 Å². The number of anilines is 2. The van der Waals surface area contributed by atoms with Gasteiger partial charge in [0.05, 0.1) is 6.61 Å². The first-order valence-corrected chi connectivity index (χ1v) is 7.58. The molecule has 1 saturated carbocycles. The van der Waals surface area contributed by atoms with Crippen molar-refractivity contribution in [1.82, 2.24) is 9.97 Å². The lowest BCUT2D eigenvalue weighted by molar-refractivity contribution is 0.128. The van der Waals surface area contributed by atoms with Crippen LogP contribution in [-0.4, -0.2) is 40.9 Å². The zero-order chi connectivity index (χ0) is 15.1. The maximum atomic E-state index is 9.35. The van der Waals surface area contributed by atoms with Crippen molar-refractivity contribution in [3.8, 4) is 0 Å². The number of nitrogens with zero attached hydrogens (tertiary/aromatic N) is 3. The van der Waals surface area contributed by atoms with E-state index in [0.717, 1.165) is 18.7 Å². The van der Waals surface area contributed by atoms with Gasteiger partial charge in [-0.25, -0.2) is 15.8 Å². The third-order valence-corrected chi connectivity index (χ3v) is 3.74. The molecule has 0 atom stereocenters. The average Bonchev–Trinajstić information content (AvgIpc) is 3.04. The fourth-order valence-corrected chi connectivity index (χ4v) is 2.77. The molecule has 1 aliphatic carbocycles. The van der Waals surface area contributed by atoms with Gasteiger partial charge in [0.15, 0.2) is 5.82 Å². The number of rotatable bonds is 8. The summed E-state index contributed by atoms with van der Waals surface area (Å²) in [6.07, 6.45) is 4.73. The van der Waals surface area contributed by atoms with E-state index in [9.17, 15) is 5.11 Å². The molecule has 0 aromatic carbocycles. The van der Waals surface area contributed by atoms with Gasteiger partial charge in [0.2, 0.25) is 0 Å². The van der Waals surface area contributed by atoms with Crippen molar-refractivity contribution in [3.63, 3.8) is 0 Å². The molecule has 0 saturated heterocycles. The zero-order valence-electron chi connectivity index (χ0n) is 12.6. The minimum atomic E-state index is 0.104. The highest BCUT2D eigenvalue weighted by atomic mass is 16.5. The number of hydrogen-bond acceptors (Lipinski definition) is 7. The molecular weight excluding hydrogens is 270 g/mol. The largest absolute Gasteiger partial charge is 0.395 e. The fourth-order valence-electron chi connectivity index (χ4n) is 2.77. The Hall–Kier alpha value is -1.44. The lowest BCUT2D eigenvalue weighted by atomic mass is 10.2. The lowest BCUT2D eigenvalue weighted by Crippen LogP contribution is -2.36. The van der Waals surface area contributed by atoms with Gasteiger partial charge in [-0.3, -0.25) is 0 Å². The summed E-state index contributed by atoms with van der Waals surface area (Å²) in [5.74, 6) is 7.46. The molecule has 0 amide bonds. The Bertz CT molecular complexity index is 437. The molecule has 118 valence electrons. The highest BCUT2D eigenvalue weighted by Crippen LogP contribution is 2.28. The Morgan fingerprint density at radius 3 is 2.81 bits per heavy atom. The second-order valence-electron chi connectivity index (χ2n) is 5.16. The van der Waals surface area contributed by atoms with E-state index in [4.69, 9.17) is 10.6 Å². The molecule has 2 rings (SSSR count). The van der Waals surface area contributed by atoms with E-state index in [1.165, 1.54) is 12.8 Å². The molecule has 4 N–H and O–H groups in total. The number of nitrogens with two attached hydrogens (primary N) is 1. The van der Waals surface area contributed by atoms with E-state index < -0.39 is 0 Å². The first-order valence-electron chi connectivity index (χ1n) is 7.58. The number of hydrogen-bond donors (Lipinski definition) is 3. The first kappa shape index (κ1) is 15.9. The summed E-state index contributed by atoms with van der Waals surface area (Å²) in [6.45, 7) is 3.58. The molecule has 7 nitrogen and oxygen atoms in total. The summed E-state index contributed by atoms with van der Waals surface area (Å²) in [5.41, 5.74) is 2.58. The molecule has 7 heteroatoms. The minimum absolute atomic E-state index is 0.104. The summed E-state index contributed by atoms with van der Waals surface area (Å²) < 4.78 is 5.38. The van der Waals surface area contributed by atoms with Crippen molar-refractivity contribution in [2.24, 2.45) is 5.84 Å². The average molecular weight is 295 g/mol. The van der Waals surface area contributed by atoms with E-state index >= 15 is 0 Å². The van der Waals surface area contributed by atoms with Gasteiger partial charge in [0.25, 0.3) is 0 Å². The van der Waals surface area contributed by atoms with Crippen LogP contribution in [0.1, 0.15) is 38.4 Å². The Balaban J connectivity index is 2.24. The zero-order valence-corrected chi connectivity index (χ0v) is 12.6. The molecule has 1 heterocycles. The Morgan fingerprint density at radius 1 is 1.43 bits per heavy atom. The first-order chi connectivity index (χ1) is 10.3. The normalized spacial score (nSPS) is 15.4. The molecule has 21 heavy (non-hydrogen) atoms. The van der Waals surface area contributed by atoms with E-state index in [2.05, 4.69) is 20.3 Å². The quantitative estimate of drug-likeness (QED) is 0.487. The smallest absolute Gasteiger partial charge is 0.158 e. The number of hydrazine groups is 1. The Kier molecular flexibility index (Phi) is 6.16. The van der Waals surface area contributed by atoms with Gasteiger partial charge in [-0.05, 0) is 19.8 Å². The number of nitrogen functional groups attached to an aromatic ring is 1. The topological polar surface area (TPSA) is 96.5 Å². The van der Waals surface area contributed by atoms with Crippen LogP contribution in [-0.2, 0) is 11.3 Å². The fraction of sp³-hybridized carbons (Fsp3) is 0.714. The number of ether oxygens (including phenoxy) is 1. The predicted molar refractivity (Wildman–Crippen MR) is 81.9 cm³/mol. The number of aliphatic hydroxyl groups is 1. The Labute approximate surface area is 125 Å². The molecule has 0 spiro atoms. The van der Waals surface area contributed by atoms with Crippen LogP contribution in [0.25, 0.3) is 0 Å². The van der Waals surface area contributed by atoms with Gasteiger partial charge in [-0.1, -0.05) is 12.8 Å². The maximum Gasteiger partial charge on any atom is 0.158 e. The second kappa shape index (κ2) is 8.11. The van der Waals surface area contributed by atoms with Crippen LogP contribution in [0, 0.1) is 0 Å². The molecule has 0 radical (unpaired) electrons. The van der Waals surface area contributed by atoms with Crippen LogP contribution >= 0.6 is 0 Å². The van der Waals surface area contributed by atoms with Gasteiger partial charge in [0.1, 0.15) is 18.2 Å². The second-order valence-corrected chi connectivity index (χ2v) is 5.16. The van der Waals surface area contributed by atoms with Crippen LogP contribution in [0.2, 0.25) is 0 Å². The van der Waals surface area contributed by atoms with Gasteiger partial charge < -0.3 is 20.2 Å². The van der Waals surface area contributed by atoms with E-state index in [1.54, 1.807) is 0 Å². The minimum Gasteiger partial charge on any atom is -0.395 e. The van der Waals surface area contributed by atoms with Crippen LogP contribution in [0.4, 0.5) is 11.6 Å². The predicted octanol–water partition coefficient (Wildman–Crippen LogP) is 1.04. The molecule has 0 aliphatic heterocycles. The van der Waals surface area contributed by atoms with Gasteiger partial charge >= 0.3 is 0 Å². The highest BCUT2D eigenvalue weighted by molar-refractivity contribution is 5.49. The van der Waals surface area contributed by atoms with Gasteiger partial charge in [0, 0.05) is 25.3 Å². The van der Waals surface area contributed by atoms with Crippen LogP contribution in [0.15, 0.2) is 6.07 Å². The molecule has 1 aromatic rings. The molecule has 1 fully saturated rings. The molecule has 0 unspecified atom stereocenters. The number of aromatic nitrogens is 2. The van der Waals surface area contributed by atoms with E-state index in [1.807, 2.05) is 13.0 Å². The number of aliphatic hydroxyl groups excluding tert-OH is 1. The van der Waals surface area contributed by atoms with Crippen molar-refractivity contribution in [1.29, 1.82) is 0 Å². The molecule has 1 aliphatic rings. The van der Waals surface area contributed by atoms with Crippen molar-refractivity contribution < 1.29 is 9.84 Å². The Morgan fingerprint density at radius 2 is 2.19 bits per heavy atom. The van der Waals surface area contributed by atoms with E-state index in [0.29, 0.717) is 37.4 Å². The standard InChI is InChI=1S/C14H25N5O2/c1-2-21-10-13-16-12(18-15)9-14(17-13)19(7-8-20)11-5-3-4-6-11/h9,11,20H,2-8,10,15H2,1H3,(H,16,17,18). The summed E-state index contributed by atoms with van der Waals surface area (Å²) >= 11 is 0. The highest BCUT2D eigenvalue weighted by Gasteiger charge is 2.24. The summed E-state index contributed by atoms with van der Waals surface area (Å²) in [4.78, 5) is 11.0. The molecule has 0 bridgehead atoms. The summed E-state index contributed by atoms with van der Waals surface area (Å²) in [7, 11) is 0. The van der Waals surface area contributed by atoms with E-state index in [-0.39, 0.29) is 6.61 Å². The van der Waals surface area contributed by atoms with Crippen LogP contribution < -0.4 is 16.2 Å². The molecular formula is C14H25N5O2. The van der Waals surface area contributed by atoms with Crippen molar-refractivity contribution in [2.45, 2.75) is 45.3 Å². The summed E-state index contributed by atoms with van der Waals surface area (Å²) in [6, 6.07) is 2.25. The third kappa shape index (κ3) is 4.26. The monoisotopic (exact) mass is 295 g/mol. The van der Waals surface area contributed by atoms with Crippen LogP contribution in [0.5, 0.6) is 0 Å². The van der Waals surface area contributed by atoms with Crippen molar-refractivity contribution in [2.75, 3.05) is 30.1 Å². The maximum absolute atomic E-state index is 9.35. The van der Waals surface area contributed by atoms with Crippen LogP contribution in [0.3, 0.4) is 0 Å². The van der Waals surface area contributed by atoms with Crippen molar-refractivity contribution >= 4 is 11.6 Å². The number of nitrogens with one attached hydrogen (secondary N) is 1. The third-order valence-electron chi connectivity index (χ3n) is 3.74. The lowest BCUT2D eigenvalue weighted by Gasteiger charge is -2.29. The molecule has 1 aromatic heterocycles.